The summed E-state index contributed by atoms with van der Waals surface area (Å²) in [5.74, 6) is 2.35. The molecule has 0 aliphatic rings. The molecular weight excluding hydrogens is 2160 g/mol. The molecule has 4 radical (unpaired) electrons. The number of carbonyl (C=O) groups excluding carboxylic acids is 3. The van der Waals surface area contributed by atoms with E-state index in [0.717, 1.165) is 104 Å². The number of hydrogen-bond donors (Lipinski definition) is 3. The van der Waals surface area contributed by atoms with Crippen LogP contribution in [0, 0.1) is 77.6 Å². The van der Waals surface area contributed by atoms with Crippen LogP contribution >= 0.6 is 0 Å². The molecule has 5 heterocycles. The Bertz CT molecular complexity index is 5340. The number of benzene rings is 9. The van der Waals surface area contributed by atoms with E-state index in [1.807, 2.05) is 149 Å². The molecule has 0 aliphatic heterocycles. The van der Waals surface area contributed by atoms with E-state index in [1.165, 1.54) is 95.5 Å². The summed E-state index contributed by atoms with van der Waals surface area (Å²) in [6.45, 7) is 26.3. The van der Waals surface area contributed by atoms with Gasteiger partial charge in [-0.25, -0.2) is 15.0 Å². The van der Waals surface area contributed by atoms with Gasteiger partial charge in [-0.1, -0.05) is 198 Å². The molecule has 14 aromatic rings. The van der Waals surface area contributed by atoms with Crippen molar-refractivity contribution in [3.63, 3.8) is 0 Å². The Hall–Kier alpha value is -10.4. The van der Waals surface area contributed by atoms with Crippen molar-refractivity contribution in [3.8, 4) is 79.2 Å². The number of rotatable bonds is 16. The zero-order chi connectivity index (χ0) is 81.3. The third kappa shape index (κ3) is 32.2. The van der Waals surface area contributed by atoms with Gasteiger partial charge in [-0.3, -0.25) is 29.3 Å². The molecule has 13 nitrogen and oxygen atoms in total. The second kappa shape index (κ2) is 50.9. The minimum atomic E-state index is -0.125. The number of ketones is 3. The van der Waals surface area contributed by atoms with Gasteiger partial charge >= 0.3 is 0 Å². The van der Waals surface area contributed by atoms with Crippen molar-refractivity contribution in [1.82, 2.24) is 34.9 Å². The zero-order valence-corrected chi connectivity index (χ0v) is 78.0. The minimum absolute atomic E-state index is 0. The van der Waals surface area contributed by atoms with Crippen molar-refractivity contribution >= 4 is 50.1 Å². The molecule has 117 heavy (non-hydrogen) atoms. The summed E-state index contributed by atoms with van der Waals surface area (Å²) in [5.41, 5.74) is 21.1. The molecule has 0 aliphatic carbocycles. The topological polar surface area (TPSA) is 202 Å². The first-order valence-electron chi connectivity index (χ1n) is 38.0. The Kier molecular flexibility index (Phi) is 43.1. The van der Waals surface area contributed by atoms with E-state index in [2.05, 4.69) is 197 Å². The van der Waals surface area contributed by atoms with Gasteiger partial charge < -0.3 is 20.3 Å². The molecule has 9 aromatic carbocycles. The Balaban J connectivity index is 0.000000301. The van der Waals surface area contributed by atoms with E-state index in [1.54, 1.807) is 6.20 Å². The smallest absolute Gasteiger partial charge is 0.163 e. The molecule has 0 bridgehead atoms. The normalized spacial score (nSPS) is 10.7. The standard InChI is InChI=1S/C28H21N4.2C17H14N.C15H10N.C13H24O2.2C5H8O2.4Ir/c1-19-6-10-22(11-7-19)26-30-27(23-12-8-20(2)9-13-23)32-28(31-26)24-16-14-21(15-17-24)25-5-3-4-18-29-25;2*1-12-4-3-5-15(10-12)16-9-8-14-7-6-13(2)11-17(14)18-16;1-2-6-12(7-3-1)15-11-10-13-8-4-5-9-14(13)16-15;1-5-10(6-2)12(14)9-13(15)11(7-3)8-4;2*1-4(6)3-5(2)7;;;;/h3-14,16-18H,1-2H3;2*3-4,6-11H,1-2H3;1-6,8-11H;9-11,14H,5-8H2,1-4H3;2*3,6H,1-2H3;;;;/q4*-1;;;;;;;. The van der Waals surface area contributed by atoms with Crippen molar-refractivity contribution in [2.45, 2.75) is 123 Å². The van der Waals surface area contributed by atoms with E-state index in [9.17, 15) is 19.5 Å². The van der Waals surface area contributed by atoms with Gasteiger partial charge in [0.25, 0.3) is 0 Å². The van der Waals surface area contributed by atoms with E-state index < -0.39 is 0 Å². The van der Waals surface area contributed by atoms with Crippen LogP contribution in [-0.4, -0.2) is 67.6 Å². The number of hydrogen-bond acceptors (Lipinski definition) is 13. The Morgan fingerprint density at radius 1 is 0.342 bits per heavy atom. The molecule has 5 aromatic heterocycles. The maximum Gasteiger partial charge on any atom is 0.163 e. The van der Waals surface area contributed by atoms with Crippen LogP contribution in [0.15, 0.2) is 284 Å². The number of aliphatic hydroxyl groups is 3. The Morgan fingerprint density at radius 3 is 1.13 bits per heavy atom. The summed E-state index contributed by atoms with van der Waals surface area (Å²) in [7, 11) is 0. The molecule has 14 rings (SSSR count). The molecule has 0 amide bonds. The summed E-state index contributed by atoms with van der Waals surface area (Å²) >= 11 is 0. The van der Waals surface area contributed by atoms with Crippen LogP contribution < -0.4 is 0 Å². The predicted molar refractivity (Wildman–Crippen MR) is 463 cm³/mol. The molecular formula is C100H99Ir4N7O6-4. The summed E-state index contributed by atoms with van der Waals surface area (Å²) in [4.78, 5) is 64.6. The van der Waals surface area contributed by atoms with Gasteiger partial charge in [0.05, 0.1) is 33.8 Å². The SMILES string of the molecule is CC(=O)C=C(C)O.CC(=O)C=C(C)O.CCC(CC)C(=O)C=C(O)C(CC)CC.Cc1cc[c-]c(-c2ccc3ccc(C)cc3n2)c1.Cc1cc[c-]c(-c2ccc3ccc(C)cc3n2)c1.Cc1ccc(-c2nc(-c3c[c-]c(-c4ccccn4)cc3)nc(-c3ccc(C)cc3)n2)cc1.[Ir].[Ir].[Ir].[Ir].[c-]1ccccc1-c1ccc2ccccc2n1. The molecule has 0 saturated heterocycles. The monoisotopic (exact) mass is 2270 g/mol. The first kappa shape index (κ1) is 99.0. The number of aromatic nitrogens is 7. The number of fused-ring (bicyclic) bond motifs is 3. The van der Waals surface area contributed by atoms with Crippen LogP contribution in [0.2, 0.25) is 0 Å². The third-order valence-electron chi connectivity index (χ3n) is 17.9. The molecule has 0 saturated carbocycles. The van der Waals surface area contributed by atoms with E-state index >= 15 is 0 Å². The summed E-state index contributed by atoms with van der Waals surface area (Å²) in [5, 5.41) is 30.0. The van der Waals surface area contributed by atoms with Crippen LogP contribution in [0.1, 0.15) is 114 Å². The predicted octanol–water partition coefficient (Wildman–Crippen LogP) is 24.6. The van der Waals surface area contributed by atoms with Crippen LogP contribution in [0.3, 0.4) is 0 Å². The van der Waals surface area contributed by atoms with Crippen molar-refractivity contribution in [1.29, 1.82) is 0 Å². The number of carbonyl (C=O) groups is 3. The number of pyridine rings is 4. The van der Waals surface area contributed by atoms with E-state index in [4.69, 9.17) is 35.1 Å². The minimum Gasteiger partial charge on any atom is -0.512 e. The van der Waals surface area contributed by atoms with Gasteiger partial charge in [-0.2, -0.15) is 0 Å². The quantitative estimate of drug-likeness (QED) is 0.0469. The molecule has 0 unspecified atom stereocenters. The second-order valence-corrected chi connectivity index (χ2v) is 27.5. The van der Waals surface area contributed by atoms with Crippen LogP contribution in [-0.2, 0) is 94.8 Å². The van der Waals surface area contributed by atoms with E-state index in [0.29, 0.717) is 17.5 Å². The van der Waals surface area contributed by atoms with Gasteiger partial charge in [-0.15, -0.1) is 137 Å². The fraction of sp³-hybridized carbons (Fsp3) is 0.200. The van der Waals surface area contributed by atoms with Crippen molar-refractivity contribution in [2.24, 2.45) is 11.8 Å². The average molecular weight is 2260 g/mol. The maximum atomic E-state index is 11.7. The Morgan fingerprint density at radius 2 is 0.726 bits per heavy atom. The van der Waals surface area contributed by atoms with Gasteiger partial charge in [0.2, 0.25) is 0 Å². The molecule has 0 fully saturated rings. The number of aryl methyl sites for hydroxylation is 6. The molecule has 3 N–H and O–H groups in total. The average Bonchev–Trinajstić information content (AvgIpc) is 0.804. The van der Waals surface area contributed by atoms with Crippen molar-refractivity contribution in [3.05, 3.63) is 342 Å². The summed E-state index contributed by atoms with van der Waals surface area (Å²) in [6, 6.07) is 94.7. The fourth-order valence-corrected chi connectivity index (χ4v) is 11.8. The molecule has 17 heteroatoms. The summed E-state index contributed by atoms with van der Waals surface area (Å²) in [6.07, 6.45) is 9.02. The number of allylic oxidation sites excluding steroid dienone is 6. The van der Waals surface area contributed by atoms with Gasteiger partial charge in [0.15, 0.2) is 29.0 Å². The fourth-order valence-electron chi connectivity index (χ4n) is 11.8. The number of para-hydroxylation sites is 1. The third-order valence-corrected chi connectivity index (χ3v) is 17.9. The van der Waals surface area contributed by atoms with Crippen LogP contribution in [0.5, 0.6) is 0 Å². The van der Waals surface area contributed by atoms with Gasteiger partial charge in [0, 0.05) is 128 Å². The number of nitrogens with zero attached hydrogens (tertiary/aromatic N) is 7. The molecule has 0 spiro atoms. The van der Waals surface area contributed by atoms with Gasteiger partial charge in [-0.05, 0) is 155 Å². The number of aliphatic hydroxyl groups excluding tert-OH is 3. The molecule has 610 valence electrons. The first-order chi connectivity index (χ1) is 54.4. The summed E-state index contributed by atoms with van der Waals surface area (Å²) < 4.78 is 0. The van der Waals surface area contributed by atoms with Crippen molar-refractivity contribution in [2.75, 3.05) is 0 Å². The van der Waals surface area contributed by atoms with Crippen LogP contribution in [0.25, 0.3) is 112 Å². The molecule has 0 atom stereocenters. The maximum absolute atomic E-state index is 11.7. The van der Waals surface area contributed by atoms with Gasteiger partial charge in [0.1, 0.15) is 5.82 Å². The first-order valence-corrected chi connectivity index (χ1v) is 38.0. The largest absolute Gasteiger partial charge is 0.512 e. The Labute approximate surface area is 744 Å². The van der Waals surface area contributed by atoms with E-state index in [-0.39, 0.29) is 127 Å². The zero-order valence-electron chi connectivity index (χ0n) is 68.4. The van der Waals surface area contributed by atoms with Crippen molar-refractivity contribution < 1.29 is 110 Å². The van der Waals surface area contributed by atoms with Crippen LogP contribution in [0.4, 0.5) is 0 Å². The second-order valence-electron chi connectivity index (χ2n) is 27.5.